The van der Waals surface area contributed by atoms with Crippen LogP contribution in [0.25, 0.3) is 11.0 Å². The summed E-state index contributed by atoms with van der Waals surface area (Å²) in [5, 5.41) is 2.65. The molecule has 0 radical (unpaired) electrons. The quantitative estimate of drug-likeness (QED) is 0.757. The van der Waals surface area contributed by atoms with E-state index in [0.29, 0.717) is 5.13 Å². The maximum atomic E-state index is 5.62. The molecule has 0 amide bonds. The van der Waals surface area contributed by atoms with Gasteiger partial charge in [0, 0.05) is 17.9 Å². The van der Waals surface area contributed by atoms with Gasteiger partial charge in [-0.2, -0.15) is 0 Å². The first kappa shape index (κ1) is 12.9. The summed E-state index contributed by atoms with van der Waals surface area (Å²) < 4.78 is 5.21. The van der Waals surface area contributed by atoms with Crippen molar-refractivity contribution in [1.29, 1.82) is 0 Å². The number of H-pyrrole nitrogens is 1. The summed E-state index contributed by atoms with van der Waals surface area (Å²) in [6.07, 6.45) is 2.82. The van der Waals surface area contributed by atoms with E-state index in [0.717, 1.165) is 47.6 Å². The van der Waals surface area contributed by atoms with E-state index in [-0.39, 0.29) is 0 Å². The van der Waals surface area contributed by atoms with Crippen molar-refractivity contribution in [3.63, 3.8) is 0 Å². The third-order valence-electron chi connectivity index (χ3n) is 3.15. The van der Waals surface area contributed by atoms with Crippen LogP contribution < -0.4 is 10.5 Å². The average molecular weight is 288 g/mol. The van der Waals surface area contributed by atoms with Crippen LogP contribution in [0.5, 0.6) is 5.75 Å². The minimum atomic E-state index is 0.635. The number of imidazole rings is 1. The predicted octanol–water partition coefficient (Wildman–Crippen LogP) is 2.79. The molecule has 1 aromatic carbocycles. The van der Waals surface area contributed by atoms with Gasteiger partial charge in [0.25, 0.3) is 0 Å². The second kappa shape index (κ2) is 5.50. The number of benzene rings is 1. The van der Waals surface area contributed by atoms with Crippen molar-refractivity contribution in [2.45, 2.75) is 19.3 Å². The summed E-state index contributed by atoms with van der Waals surface area (Å²) in [7, 11) is 1.66. The molecule has 0 atom stereocenters. The lowest BCUT2D eigenvalue weighted by Crippen LogP contribution is -1.93. The van der Waals surface area contributed by atoms with Crippen molar-refractivity contribution in [2.75, 3.05) is 12.8 Å². The Morgan fingerprint density at radius 2 is 2.20 bits per heavy atom. The van der Waals surface area contributed by atoms with Gasteiger partial charge in [0.2, 0.25) is 0 Å². The number of aryl methyl sites for hydroxylation is 2. The summed E-state index contributed by atoms with van der Waals surface area (Å²) >= 11 is 1.49. The van der Waals surface area contributed by atoms with Gasteiger partial charge < -0.3 is 15.5 Å². The highest BCUT2D eigenvalue weighted by Gasteiger charge is 2.05. The molecule has 0 aliphatic carbocycles. The van der Waals surface area contributed by atoms with Gasteiger partial charge in [0.05, 0.1) is 23.8 Å². The molecule has 5 nitrogen and oxygen atoms in total. The number of aromatic amines is 1. The Morgan fingerprint density at radius 3 is 2.95 bits per heavy atom. The molecule has 0 saturated carbocycles. The molecule has 0 aliphatic rings. The van der Waals surface area contributed by atoms with E-state index in [2.05, 4.69) is 15.0 Å². The lowest BCUT2D eigenvalue weighted by molar-refractivity contribution is 0.415. The molecule has 0 unspecified atom stereocenters. The van der Waals surface area contributed by atoms with Gasteiger partial charge in [0.15, 0.2) is 5.13 Å². The Balaban J connectivity index is 1.65. The largest absolute Gasteiger partial charge is 0.497 e. The summed E-state index contributed by atoms with van der Waals surface area (Å²) in [6.45, 7) is 0. The van der Waals surface area contributed by atoms with Crippen LogP contribution in [0.1, 0.15) is 17.9 Å². The maximum absolute atomic E-state index is 5.62. The molecule has 3 aromatic rings. The van der Waals surface area contributed by atoms with E-state index in [1.54, 1.807) is 7.11 Å². The molecule has 3 rings (SSSR count). The van der Waals surface area contributed by atoms with E-state index >= 15 is 0 Å². The number of hydrogen-bond donors (Lipinski definition) is 2. The zero-order valence-electron chi connectivity index (χ0n) is 11.2. The first-order valence-corrected chi connectivity index (χ1v) is 7.35. The lowest BCUT2D eigenvalue weighted by atomic mass is 10.2. The van der Waals surface area contributed by atoms with Crippen molar-refractivity contribution in [3.8, 4) is 5.75 Å². The normalized spacial score (nSPS) is 11.1. The minimum Gasteiger partial charge on any atom is -0.497 e. The van der Waals surface area contributed by atoms with Crippen LogP contribution in [-0.2, 0) is 12.8 Å². The van der Waals surface area contributed by atoms with Crippen LogP contribution in [0, 0.1) is 0 Å². The fourth-order valence-electron chi connectivity index (χ4n) is 2.16. The van der Waals surface area contributed by atoms with E-state index in [1.807, 2.05) is 23.6 Å². The van der Waals surface area contributed by atoms with Crippen LogP contribution in [-0.4, -0.2) is 22.1 Å². The highest BCUT2D eigenvalue weighted by Crippen LogP contribution is 2.19. The third-order valence-corrected chi connectivity index (χ3v) is 3.88. The fourth-order valence-corrected chi connectivity index (χ4v) is 2.76. The number of nitrogen functional groups attached to an aromatic ring is 1. The van der Waals surface area contributed by atoms with Crippen molar-refractivity contribution in [1.82, 2.24) is 15.0 Å². The highest BCUT2D eigenvalue weighted by molar-refractivity contribution is 7.13. The number of methoxy groups -OCH3 is 1. The molecule has 0 bridgehead atoms. The number of nitrogens with zero attached hydrogens (tertiary/aromatic N) is 2. The van der Waals surface area contributed by atoms with Crippen LogP contribution in [0.4, 0.5) is 5.13 Å². The van der Waals surface area contributed by atoms with E-state index < -0.39 is 0 Å². The van der Waals surface area contributed by atoms with Crippen LogP contribution in [0.3, 0.4) is 0 Å². The number of nitrogens with two attached hydrogens (primary N) is 1. The van der Waals surface area contributed by atoms with Gasteiger partial charge in [0.1, 0.15) is 11.6 Å². The van der Waals surface area contributed by atoms with Crippen molar-refractivity contribution < 1.29 is 4.74 Å². The molecule has 0 saturated heterocycles. The maximum Gasteiger partial charge on any atom is 0.180 e. The summed E-state index contributed by atoms with van der Waals surface area (Å²) in [5.74, 6) is 1.84. The van der Waals surface area contributed by atoms with Gasteiger partial charge in [-0.15, -0.1) is 11.3 Å². The van der Waals surface area contributed by atoms with Crippen LogP contribution in [0.15, 0.2) is 23.6 Å². The summed E-state index contributed by atoms with van der Waals surface area (Å²) in [5.41, 5.74) is 8.66. The van der Waals surface area contributed by atoms with Gasteiger partial charge in [-0.1, -0.05) is 0 Å². The molecule has 104 valence electrons. The molecule has 0 fully saturated rings. The number of aromatic nitrogens is 3. The molecule has 0 aliphatic heterocycles. The Hall–Kier alpha value is -2.08. The van der Waals surface area contributed by atoms with Gasteiger partial charge in [-0.3, -0.25) is 0 Å². The first-order valence-electron chi connectivity index (χ1n) is 6.47. The number of thiazole rings is 1. The van der Waals surface area contributed by atoms with Gasteiger partial charge in [-0.05, 0) is 25.0 Å². The number of ether oxygens (including phenoxy) is 1. The smallest absolute Gasteiger partial charge is 0.180 e. The highest BCUT2D eigenvalue weighted by atomic mass is 32.1. The number of fused-ring (bicyclic) bond motifs is 1. The fraction of sp³-hybridized carbons (Fsp3) is 0.286. The number of hydrogen-bond acceptors (Lipinski definition) is 5. The lowest BCUT2D eigenvalue weighted by Gasteiger charge is -1.96. The second-order valence-electron chi connectivity index (χ2n) is 4.60. The zero-order valence-corrected chi connectivity index (χ0v) is 12.0. The third kappa shape index (κ3) is 2.75. The minimum absolute atomic E-state index is 0.635. The Morgan fingerprint density at radius 1 is 1.30 bits per heavy atom. The Labute approximate surface area is 120 Å². The van der Waals surface area contributed by atoms with Crippen molar-refractivity contribution in [2.24, 2.45) is 0 Å². The van der Waals surface area contributed by atoms with Crippen molar-refractivity contribution >= 4 is 27.5 Å². The first-order chi connectivity index (χ1) is 9.74. The topological polar surface area (TPSA) is 76.8 Å². The Kier molecular flexibility index (Phi) is 3.56. The zero-order chi connectivity index (χ0) is 13.9. The average Bonchev–Trinajstić information content (AvgIpc) is 3.03. The molecule has 20 heavy (non-hydrogen) atoms. The Bertz CT molecular complexity index is 719. The molecule has 6 heteroatoms. The van der Waals surface area contributed by atoms with Crippen molar-refractivity contribution in [3.05, 3.63) is 35.1 Å². The van der Waals surface area contributed by atoms with Crippen LogP contribution in [0.2, 0.25) is 0 Å². The molecule has 2 aromatic heterocycles. The molecular formula is C14H16N4OS. The predicted molar refractivity (Wildman–Crippen MR) is 81.2 cm³/mol. The SMILES string of the molecule is COc1ccc2nc(CCCc3csc(N)n3)[nH]c2c1. The van der Waals surface area contributed by atoms with E-state index in [4.69, 9.17) is 10.5 Å². The van der Waals surface area contributed by atoms with Crippen LogP contribution >= 0.6 is 11.3 Å². The number of rotatable bonds is 5. The van der Waals surface area contributed by atoms with E-state index in [9.17, 15) is 0 Å². The monoisotopic (exact) mass is 288 g/mol. The van der Waals surface area contributed by atoms with Gasteiger partial charge in [-0.25, -0.2) is 9.97 Å². The second-order valence-corrected chi connectivity index (χ2v) is 5.49. The molecule has 3 N–H and O–H groups in total. The number of nitrogens with one attached hydrogen (secondary N) is 1. The summed E-state index contributed by atoms with van der Waals surface area (Å²) in [4.78, 5) is 12.2. The molecule has 0 spiro atoms. The van der Waals surface area contributed by atoms with Gasteiger partial charge >= 0.3 is 0 Å². The summed E-state index contributed by atoms with van der Waals surface area (Å²) in [6, 6.07) is 5.85. The number of anilines is 1. The molecular weight excluding hydrogens is 272 g/mol. The standard InChI is InChI=1S/C14H16N4OS/c1-19-10-5-6-11-12(7-10)18-13(17-11)4-2-3-9-8-20-14(15)16-9/h5-8H,2-4H2,1H3,(H2,15,16)(H,17,18). The molecule has 2 heterocycles. The van der Waals surface area contributed by atoms with E-state index in [1.165, 1.54) is 11.3 Å².